The molecule has 3 heteroatoms. The van der Waals surface area contributed by atoms with E-state index in [9.17, 15) is 4.79 Å². The summed E-state index contributed by atoms with van der Waals surface area (Å²) in [7, 11) is 0. The van der Waals surface area contributed by atoms with E-state index < -0.39 is 0 Å². The molecule has 0 radical (unpaired) electrons. The van der Waals surface area contributed by atoms with Crippen molar-refractivity contribution in [3.05, 3.63) is 12.7 Å². The number of carbonyl (C=O) groups is 1. The fourth-order valence-electron chi connectivity index (χ4n) is 0.386. The van der Waals surface area contributed by atoms with Crippen molar-refractivity contribution in [1.29, 1.82) is 0 Å². The fourth-order valence-corrected chi connectivity index (χ4v) is 0.386. The Kier molecular flexibility index (Phi) is 4.82. The van der Waals surface area contributed by atoms with Crippen LogP contribution in [0.25, 0.3) is 0 Å². The zero-order valence-corrected chi connectivity index (χ0v) is 5.39. The van der Waals surface area contributed by atoms with E-state index in [1.54, 1.807) is 0 Å². The minimum atomic E-state index is -0.136. The molecule has 0 rings (SSSR count). The highest BCUT2D eigenvalue weighted by atomic mass is 16.1. The van der Waals surface area contributed by atoms with Crippen LogP contribution in [0.1, 0.15) is 6.42 Å². The molecule has 0 bridgehead atoms. The molecule has 0 aliphatic rings. The Hall–Kier alpha value is -0.830. The van der Waals surface area contributed by atoms with Crippen molar-refractivity contribution in [1.82, 2.24) is 5.32 Å². The van der Waals surface area contributed by atoms with Gasteiger partial charge < -0.3 is 11.1 Å². The first-order chi connectivity index (χ1) is 4.31. The van der Waals surface area contributed by atoms with Gasteiger partial charge in [-0.1, -0.05) is 6.58 Å². The summed E-state index contributed by atoms with van der Waals surface area (Å²) in [6.07, 6.45) is 2.07. The smallest absolute Gasteiger partial charge is 0.243 e. The number of hydrogen-bond acceptors (Lipinski definition) is 2. The number of hydrogen-bond donors (Lipinski definition) is 2. The van der Waals surface area contributed by atoms with E-state index in [0.717, 1.165) is 6.42 Å². The molecular formula is C6H12N2O. The van der Waals surface area contributed by atoms with Crippen LogP contribution >= 0.6 is 0 Å². The first kappa shape index (κ1) is 8.17. The lowest BCUT2D eigenvalue weighted by Crippen LogP contribution is -2.23. The molecule has 1 amide bonds. The Morgan fingerprint density at radius 2 is 2.44 bits per heavy atom. The second-order valence-corrected chi connectivity index (χ2v) is 1.64. The third kappa shape index (κ3) is 5.03. The predicted octanol–water partition coefficient (Wildman–Crippen LogP) is -0.363. The molecule has 0 heterocycles. The first-order valence-corrected chi connectivity index (χ1v) is 2.91. The molecule has 0 unspecified atom stereocenters. The van der Waals surface area contributed by atoms with E-state index in [0.29, 0.717) is 13.1 Å². The lowest BCUT2D eigenvalue weighted by molar-refractivity contribution is -0.116. The van der Waals surface area contributed by atoms with Crippen molar-refractivity contribution in [2.24, 2.45) is 5.73 Å². The predicted molar refractivity (Wildman–Crippen MR) is 36.9 cm³/mol. The SMILES string of the molecule is C=CC(=O)NCCCN. The topological polar surface area (TPSA) is 55.1 Å². The summed E-state index contributed by atoms with van der Waals surface area (Å²) in [5, 5.41) is 2.60. The van der Waals surface area contributed by atoms with Gasteiger partial charge >= 0.3 is 0 Å². The van der Waals surface area contributed by atoms with Crippen LogP contribution in [0, 0.1) is 0 Å². The molecule has 0 aromatic carbocycles. The van der Waals surface area contributed by atoms with Crippen LogP contribution in [-0.4, -0.2) is 19.0 Å². The number of carbonyl (C=O) groups excluding carboxylic acids is 1. The van der Waals surface area contributed by atoms with E-state index >= 15 is 0 Å². The molecule has 0 spiro atoms. The molecule has 0 fully saturated rings. The van der Waals surface area contributed by atoms with Gasteiger partial charge in [0.1, 0.15) is 0 Å². The zero-order valence-electron chi connectivity index (χ0n) is 5.39. The van der Waals surface area contributed by atoms with E-state index in [1.165, 1.54) is 6.08 Å². The van der Waals surface area contributed by atoms with Crippen molar-refractivity contribution < 1.29 is 4.79 Å². The highest BCUT2D eigenvalue weighted by Gasteiger charge is 1.88. The van der Waals surface area contributed by atoms with Crippen molar-refractivity contribution in [2.45, 2.75) is 6.42 Å². The summed E-state index contributed by atoms with van der Waals surface area (Å²) in [6.45, 7) is 4.54. The van der Waals surface area contributed by atoms with Crippen molar-refractivity contribution in [2.75, 3.05) is 13.1 Å². The summed E-state index contributed by atoms with van der Waals surface area (Å²) in [4.78, 5) is 10.4. The molecule has 0 aromatic heterocycles. The standard InChI is InChI=1S/C6H12N2O/c1-2-6(9)8-5-3-4-7/h2H,1,3-5,7H2,(H,8,9). The first-order valence-electron chi connectivity index (χ1n) is 2.91. The molecule has 0 saturated carbocycles. The molecule has 52 valence electrons. The van der Waals surface area contributed by atoms with Crippen LogP contribution in [0.4, 0.5) is 0 Å². The number of nitrogens with two attached hydrogens (primary N) is 1. The maximum absolute atomic E-state index is 10.4. The molecular weight excluding hydrogens is 116 g/mol. The monoisotopic (exact) mass is 128 g/mol. The summed E-state index contributed by atoms with van der Waals surface area (Å²) >= 11 is 0. The molecule has 3 nitrogen and oxygen atoms in total. The van der Waals surface area contributed by atoms with Gasteiger partial charge in [-0.2, -0.15) is 0 Å². The number of rotatable bonds is 4. The molecule has 0 saturated heterocycles. The van der Waals surface area contributed by atoms with E-state index in [2.05, 4.69) is 11.9 Å². The van der Waals surface area contributed by atoms with Gasteiger partial charge in [0.15, 0.2) is 0 Å². The Morgan fingerprint density at radius 3 is 2.89 bits per heavy atom. The summed E-state index contributed by atoms with van der Waals surface area (Å²) < 4.78 is 0. The average Bonchev–Trinajstić information content (AvgIpc) is 1.89. The van der Waals surface area contributed by atoms with Crippen molar-refractivity contribution in [3.8, 4) is 0 Å². The number of nitrogens with one attached hydrogen (secondary N) is 1. The highest BCUT2D eigenvalue weighted by Crippen LogP contribution is 1.70. The normalized spacial score (nSPS) is 8.56. The Balaban J connectivity index is 3.07. The van der Waals surface area contributed by atoms with Gasteiger partial charge in [0.2, 0.25) is 5.91 Å². The van der Waals surface area contributed by atoms with Gasteiger partial charge in [0.25, 0.3) is 0 Å². The molecule has 0 aliphatic carbocycles. The lowest BCUT2D eigenvalue weighted by atomic mass is 10.4. The van der Waals surface area contributed by atoms with E-state index in [1.807, 2.05) is 0 Å². The Labute approximate surface area is 54.9 Å². The minimum absolute atomic E-state index is 0.136. The van der Waals surface area contributed by atoms with Gasteiger partial charge in [-0.3, -0.25) is 4.79 Å². The third-order valence-electron chi connectivity index (χ3n) is 0.866. The molecule has 9 heavy (non-hydrogen) atoms. The van der Waals surface area contributed by atoms with Crippen LogP contribution in [0.15, 0.2) is 12.7 Å². The van der Waals surface area contributed by atoms with Crippen LogP contribution in [0.3, 0.4) is 0 Å². The summed E-state index contributed by atoms with van der Waals surface area (Å²) in [5.41, 5.74) is 5.18. The van der Waals surface area contributed by atoms with Crippen LogP contribution < -0.4 is 11.1 Å². The molecule has 0 aromatic rings. The third-order valence-corrected chi connectivity index (χ3v) is 0.866. The summed E-state index contributed by atoms with van der Waals surface area (Å²) in [6, 6.07) is 0. The van der Waals surface area contributed by atoms with Crippen LogP contribution in [0.2, 0.25) is 0 Å². The van der Waals surface area contributed by atoms with Crippen molar-refractivity contribution >= 4 is 5.91 Å². The maximum Gasteiger partial charge on any atom is 0.243 e. The average molecular weight is 128 g/mol. The summed E-state index contributed by atoms with van der Waals surface area (Å²) in [5.74, 6) is -0.136. The lowest BCUT2D eigenvalue weighted by Gasteiger charge is -1.97. The van der Waals surface area contributed by atoms with Gasteiger partial charge in [-0.05, 0) is 19.0 Å². The quantitative estimate of drug-likeness (QED) is 0.401. The van der Waals surface area contributed by atoms with Gasteiger partial charge in [0, 0.05) is 6.54 Å². The maximum atomic E-state index is 10.4. The molecule has 3 N–H and O–H groups in total. The zero-order chi connectivity index (χ0) is 7.11. The largest absolute Gasteiger partial charge is 0.353 e. The minimum Gasteiger partial charge on any atom is -0.353 e. The highest BCUT2D eigenvalue weighted by molar-refractivity contribution is 5.86. The Bertz CT molecular complexity index is 101. The van der Waals surface area contributed by atoms with Gasteiger partial charge in [-0.15, -0.1) is 0 Å². The van der Waals surface area contributed by atoms with Gasteiger partial charge in [-0.25, -0.2) is 0 Å². The fraction of sp³-hybridized carbons (Fsp3) is 0.500. The molecule has 0 aliphatic heterocycles. The Morgan fingerprint density at radius 1 is 1.78 bits per heavy atom. The second kappa shape index (κ2) is 5.31. The van der Waals surface area contributed by atoms with E-state index in [4.69, 9.17) is 5.73 Å². The van der Waals surface area contributed by atoms with Crippen LogP contribution in [-0.2, 0) is 4.79 Å². The van der Waals surface area contributed by atoms with Crippen LogP contribution in [0.5, 0.6) is 0 Å². The van der Waals surface area contributed by atoms with Crippen molar-refractivity contribution in [3.63, 3.8) is 0 Å². The van der Waals surface area contributed by atoms with E-state index in [-0.39, 0.29) is 5.91 Å². The van der Waals surface area contributed by atoms with Gasteiger partial charge in [0.05, 0.1) is 0 Å². The second-order valence-electron chi connectivity index (χ2n) is 1.64. The molecule has 0 atom stereocenters. The number of amides is 1.